The van der Waals surface area contributed by atoms with Crippen LogP contribution in [0.4, 0.5) is 10.3 Å². The molecular formula is C21H20FN7O2. The third-order valence-corrected chi connectivity index (χ3v) is 6.81. The molecule has 158 valence electrons. The maximum atomic E-state index is 13.9. The van der Waals surface area contributed by atoms with Gasteiger partial charge in [0, 0.05) is 35.6 Å². The number of imidazole rings is 1. The summed E-state index contributed by atoms with van der Waals surface area (Å²) in [6.45, 7) is 0. The van der Waals surface area contributed by atoms with E-state index in [-0.39, 0.29) is 17.9 Å². The van der Waals surface area contributed by atoms with E-state index in [1.807, 2.05) is 0 Å². The molecule has 4 aromatic heterocycles. The Morgan fingerprint density at radius 3 is 2.84 bits per heavy atom. The molecule has 0 unspecified atom stereocenters. The molecule has 31 heavy (non-hydrogen) atoms. The highest BCUT2D eigenvalue weighted by atomic mass is 19.1. The SMILES string of the molecule is O=C(O)[C@H]1C2CCC(CC2)[C@@H]1Nc1nc(-c2c[nH]c3ncc(F)cc23)c2nccn2n1. The molecule has 9 nitrogen and oxygen atoms in total. The molecule has 0 amide bonds. The van der Waals surface area contributed by atoms with Crippen molar-refractivity contribution in [2.45, 2.75) is 31.7 Å². The number of aromatic amines is 1. The molecule has 3 aliphatic rings. The Morgan fingerprint density at radius 1 is 1.23 bits per heavy atom. The van der Waals surface area contributed by atoms with Gasteiger partial charge in [0.05, 0.1) is 12.1 Å². The number of H-pyrrole nitrogens is 1. The van der Waals surface area contributed by atoms with Gasteiger partial charge in [0.2, 0.25) is 5.95 Å². The van der Waals surface area contributed by atoms with Crippen molar-refractivity contribution in [3.05, 3.63) is 36.7 Å². The quantitative estimate of drug-likeness (QED) is 0.463. The fourth-order valence-electron chi connectivity index (χ4n) is 5.40. The van der Waals surface area contributed by atoms with Crippen molar-refractivity contribution in [3.63, 3.8) is 0 Å². The molecule has 3 N–H and O–H groups in total. The molecule has 3 aliphatic carbocycles. The summed E-state index contributed by atoms with van der Waals surface area (Å²) in [5, 5.41) is 18.3. The number of nitrogens with zero attached hydrogens (tertiary/aromatic N) is 5. The highest BCUT2D eigenvalue weighted by molar-refractivity contribution is 5.95. The Morgan fingerprint density at radius 2 is 2.03 bits per heavy atom. The van der Waals surface area contributed by atoms with Crippen molar-refractivity contribution in [2.24, 2.45) is 17.8 Å². The number of hydrogen-bond donors (Lipinski definition) is 3. The predicted octanol–water partition coefficient (Wildman–Crippen LogP) is 3.11. The van der Waals surface area contributed by atoms with Crippen LogP contribution in [0, 0.1) is 23.6 Å². The summed E-state index contributed by atoms with van der Waals surface area (Å²) in [6.07, 6.45) is 10.2. The van der Waals surface area contributed by atoms with Crippen LogP contribution in [-0.4, -0.2) is 46.7 Å². The first-order chi connectivity index (χ1) is 15.1. The molecule has 2 bridgehead atoms. The zero-order valence-corrected chi connectivity index (χ0v) is 16.5. The standard InChI is InChI=1S/C21H20FN7O2/c22-12-7-13-14(9-25-18(13)24-8-12)17-19-23-5-6-29(19)28-21(27-17)26-16-11-3-1-10(2-4-11)15(16)20(30)31/h5-11,15-16H,1-4H2,(H,24,25)(H,26,28)(H,30,31)/t10?,11?,15-,16-/m0/s1. The Kier molecular flexibility index (Phi) is 3.95. The summed E-state index contributed by atoms with van der Waals surface area (Å²) in [6, 6.07) is 1.18. The maximum Gasteiger partial charge on any atom is 0.308 e. The number of pyridine rings is 1. The lowest BCUT2D eigenvalue weighted by atomic mass is 9.61. The van der Waals surface area contributed by atoms with Crippen LogP contribution >= 0.6 is 0 Å². The smallest absolute Gasteiger partial charge is 0.308 e. The number of halogens is 1. The van der Waals surface area contributed by atoms with Crippen LogP contribution in [-0.2, 0) is 4.79 Å². The minimum Gasteiger partial charge on any atom is -0.481 e. The van der Waals surface area contributed by atoms with E-state index in [9.17, 15) is 14.3 Å². The summed E-state index contributed by atoms with van der Waals surface area (Å²) in [5.41, 5.74) is 2.25. The third-order valence-electron chi connectivity index (χ3n) is 6.81. The average Bonchev–Trinajstić information content (AvgIpc) is 3.40. The molecule has 0 radical (unpaired) electrons. The Labute approximate surface area is 175 Å². The second kappa shape index (κ2) is 6.73. The number of aliphatic carboxylic acids is 1. The van der Waals surface area contributed by atoms with E-state index in [1.54, 1.807) is 23.1 Å². The number of aromatic nitrogens is 6. The van der Waals surface area contributed by atoms with Gasteiger partial charge in [-0.1, -0.05) is 0 Å². The fourth-order valence-corrected chi connectivity index (χ4v) is 5.40. The van der Waals surface area contributed by atoms with Gasteiger partial charge in [-0.05, 0) is 43.6 Å². The van der Waals surface area contributed by atoms with Crippen LogP contribution in [0.3, 0.4) is 0 Å². The van der Waals surface area contributed by atoms with Gasteiger partial charge in [-0.15, -0.1) is 5.10 Å². The number of carbonyl (C=O) groups is 1. The van der Waals surface area contributed by atoms with Crippen LogP contribution in [0.1, 0.15) is 25.7 Å². The lowest BCUT2D eigenvalue weighted by Crippen LogP contribution is -2.51. The maximum absolute atomic E-state index is 13.9. The van der Waals surface area contributed by atoms with E-state index in [2.05, 4.69) is 25.4 Å². The predicted molar refractivity (Wildman–Crippen MR) is 110 cm³/mol. The molecule has 3 fully saturated rings. The Balaban J connectivity index is 1.45. The minimum atomic E-state index is -0.769. The molecule has 4 heterocycles. The number of anilines is 1. The fraction of sp³-hybridized carbons (Fsp3) is 0.381. The van der Waals surface area contributed by atoms with Gasteiger partial charge in [0.1, 0.15) is 17.2 Å². The summed E-state index contributed by atoms with van der Waals surface area (Å²) in [4.78, 5) is 28.2. The summed E-state index contributed by atoms with van der Waals surface area (Å²) in [7, 11) is 0. The Bertz CT molecular complexity index is 1310. The molecule has 0 saturated heterocycles. The van der Waals surface area contributed by atoms with Crippen LogP contribution < -0.4 is 5.32 Å². The second-order valence-electron chi connectivity index (χ2n) is 8.44. The van der Waals surface area contributed by atoms with Gasteiger partial charge >= 0.3 is 5.97 Å². The monoisotopic (exact) mass is 421 g/mol. The lowest BCUT2D eigenvalue weighted by Gasteiger charge is -2.46. The molecule has 3 saturated carbocycles. The molecule has 4 aromatic rings. The van der Waals surface area contributed by atoms with Crippen molar-refractivity contribution in [1.29, 1.82) is 0 Å². The molecule has 0 spiro atoms. The van der Waals surface area contributed by atoms with Crippen LogP contribution in [0.25, 0.3) is 27.9 Å². The molecule has 10 heteroatoms. The molecule has 0 aliphatic heterocycles. The first-order valence-corrected chi connectivity index (χ1v) is 10.4. The number of rotatable bonds is 4. The second-order valence-corrected chi connectivity index (χ2v) is 8.44. The van der Waals surface area contributed by atoms with Gasteiger partial charge in [-0.2, -0.15) is 0 Å². The largest absolute Gasteiger partial charge is 0.481 e. The van der Waals surface area contributed by atoms with Gasteiger partial charge in [0.25, 0.3) is 0 Å². The van der Waals surface area contributed by atoms with Crippen molar-refractivity contribution in [3.8, 4) is 11.3 Å². The summed E-state index contributed by atoms with van der Waals surface area (Å²) < 4.78 is 15.5. The number of fused-ring (bicyclic) bond motifs is 5. The van der Waals surface area contributed by atoms with Crippen molar-refractivity contribution < 1.29 is 14.3 Å². The number of carboxylic acid groups (broad SMARTS) is 1. The number of nitrogens with one attached hydrogen (secondary N) is 2. The van der Waals surface area contributed by atoms with Gasteiger partial charge < -0.3 is 15.4 Å². The number of carboxylic acids is 1. The van der Waals surface area contributed by atoms with Crippen LogP contribution in [0.5, 0.6) is 0 Å². The van der Waals surface area contributed by atoms with Crippen LogP contribution in [0.15, 0.2) is 30.9 Å². The molecule has 2 atom stereocenters. The van der Waals surface area contributed by atoms with Gasteiger partial charge in [0.15, 0.2) is 5.65 Å². The van der Waals surface area contributed by atoms with Crippen LogP contribution in [0.2, 0.25) is 0 Å². The zero-order valence-electron chi connectivity index (χ0n) is 16.5. The molecule has 7 rings (SSSR count). The summed E-state index contributed by atoms with van der Waals surface area (Å²) in [5.74, 6) is -0.869. The highest BCUT2D eigenvalue weighted by Crippen LogP contribution is 2.46. The first-order valence-electron chi connectivity index (χ1n) is 10.4. The van der Waals surface area contributed by atoms with E-state index in [1.165, 1.54) is 6.07 Å². The highest BCUT2D eigenvalue weighted by Gasteiger charge is 2.47. The van der Waals surface area contributed by atoms with Gasteiger partial charge in [-0.3, -0.25) is 4.79 Å². The normalized spacial score (nSPS) is 25.3. The van der Waals surface area contributed by atoms with Crippen molar-refractivity contribution in [1.82, 2.24) is 29.5 Å². The topological polar surface area (TPSA) is 121 Å². The first kappa shape index (κ1) is 18.2. The summed E-state index contributed by atoms with van der Waals surface area (Å²) >= 11 is 0. The van der Waals surface area contributed by atoms with E-state index in [0.717, 1.165) is 31.9 Å². The van der Waals surface area contributed by atoms with E-state index < -0.39 is 17.7 Å². The van der Waals surface area contributed by atoms with Crippen molar-refractivity contribution in [2.75, 3.05) is 5.32 Å². The minimum absolute atomic E-state index is 0.180. The van der Waals surface area contributed by atoms with Crippen molar-refractivity contribution >= 4 is 28.6 Å². The third kappa shape index (κ3) is 2.85. The van der Waals surface area contributed by atoms with Gasteiger partial charge in [-0.25, -0.2) is 23.9 Å². The van der Waals surface area contributed by atoms with E-state index >= 15 is 0 Å². The number of hydrogen-bond acceptors (Lipinski definition) is 6. The average molecular weight is 421 g/mol. The van der Waals surface area contributed by atoms with E-state index in [0.29, 0.717) is 33.9 Å². The lowest BCUT2D eigenvalue weighted by molar-refractivity contribution is -0.148. The van der Waals surface area contributed by atoms with E-state index in [4.69, 9.17) is 4.98 Å². The zero-order chi connectivity index (χ0) is 21.1. The molecular weight excluding hydrogens is 401 g/mol. The molecule has 0 aromatic carbocycles. The Hall–Kier alpha value is -3.56.